The summed E-state index contributed by atoms with van der Waals surface area (Å²) < 4.78 is 6.05. The summed E-state index contributed by atoms with van der Waals surface area (Å²) in [5.74, 6) is -0.173. The molecule has 5 heteroatoms. The van der Waals surface area contributed by atoms with E-state index in [0.717, 1.165) is 42.5 Å². The number of nitrogens with zero attached hydrogens (tertiary/aromatic N) is 1. The summed E-state index contributed by atoms with van der Waals surface area (Å²) in [4.78, 5) is 14.6. The second-order valence-electron chi connectivity index (χ2n) is 5.37. The van der Waals surface area contributed by atoms with Crippen molar-refractivity contribution in [1.82, 2.24) is 4.90 Å². The second-order valence-corrected chi connectivity index (χ2v) is 6.28. The number of rotatable bonds is 3. The number of carbonyl (C=O) groups excluding carboxylic acids is 1. The zero-order chi connectivity index (χ0) is 14.6. The number of methoxy groups -OCH3 is 1. The third kappa shape index (κ3) is 3.52. The van der Waals surface area contributed by atoms with Crippen molar-refractivity contribution in [3.05, 3.63) is 28.7 Å². The summed E-state index contributed by atoms with van der Waals surface area (Å²) in [5.41, 5.74) is 0.314. The summed E-state index contributed by atoms with van der Waals surface area (Å²) in [6.45, 7) is 1.90. The fourth-order valence-electron chi connectivity index (χ4n) is 2.69. The van der Waals surface area contributed by atoms with E-state index in [1.807, 2.05) is 24.3 Å². The number of benzene rings is 1. The van der Waals surface area contributed by atoms with Gasteiger partial charge in [-0.1, -0.05) is 22.0 Å². The number of halogens is 1. The Morgan fingerprint density at radius 3 is 2.90 bits per heavy atom. The van der Waals surface area contributed by atoms with Gasteiger partial charge < -0.3 is 15.0 Å². The van der Waals surface area contributed by atoms with E-state index in [9.17, 15) is 4.79 Å². The predicted octanol–water partition coefficient (Wildman–Crippen LogP) is 2.89. The highest BCUT2D eigenvalue weighted by atomic mass is 79.9. The van der Waals surface area contributed by atoms with Gasteiger partial charge >= 0.3 is 5.97 Å². The van der Waals surface area contributed by atoms with Crippen LogP contribution in [0.15, 0.2) is 28.7 Å². The molecule has 0 saturated carbocycles. The molecule has 1 aliphatic rings. The van der Waals surface area contributed by atoms with Gasteiger partial charge in [-0.05, 0) is 51.1 Å². The van der Waals surface area contributed by atoms with Crippen molar-refractivity contribution in [1.29, 1.82) is 0 Å². The van der Waals surface area contributed by atoms with E-state index in [1.165, 1.54) is 7.11 Å². The van der Waals surface area contributed by atoms with Crippen LogP contribution in [0.2, 0.25) is 0 Å². The molecule has 1 aromatic carbocycles. The van der Waals surface area contributed by atoms with Crippen molar-refractivity contribution in [2.45, 2.75) is 24.8 Å². The van der Waals surface area contributed by atoms with E-state index < -0.39 is 5.54 Å². The minimum atomic E-state index is -0.625. The average Bonchev–Trinajstić information content (AvgIpc) is 2.61. The van der Waals surface area contributed by atoms with Crippen molar-refractivity contribution < 1.29 is 9.53 Å². The van der Waals surface area contributed by atoms with Crippen LogP contribution in [0, 0.1) is 0 Å². The first-order valence-electron chi connectivity index (χ1n) is 6.86. The molecule has 1 N–H and O–H groups in total. The first-order valence-corrected chi connectivity index (χ1v) is 7.66. The number of likely N-dealkylation sites (tertiary alicyclic amines) is 1. The number of carbonyl (C=O) groups is 1. The zero-order valence-electron chi connectivity index (χ0n) is 12.0. The van der Waals surface area contributed by atoms with Crippen LogP contribution in [-0.2, 0) is 9.53 Å². The van der Waals surface area contributed by atoms with Crippen molar-refractivity contribution in [3.8, 4) is 0 Å². The number of ether oxygens (including phenoxy) is 1. The van der Waals surface area contributed by atoms with Gasteiger partial charge in [-0.2, -0.15) is 0 Å². The number of hydrogen-bond donors (Lipinski definition) is 1. The molecule has 0 aromatic heterocycles. The van der Waals surface area contributed by atoms with Crippen LogP contribution in [0.25, 0.3) is 0 Å². The Morgan fingerprint density at radius 1 is 1.40 bits per heavy atom. The van der Waals surface area contributed by atoms with Crippen LogP contribution in [0.4, 0.5) is 5.69 Å². The smallest absolute Gasteiger partial charge is 0.331 e. The molecule has 4 nitrogen and oxygen atoms in total. The van der Waals surface area contributed by atoms with Gasteiger partial charge in [0.1, 0.15) is 5.54 Å². The minimum Gasteiger partial charge on any atom is -0.467 e. The van der Waals surface area contributed by atoms with E-state index in [-0.39, 0.29) is 5.97 Å². The molecule has 0 amide bonds. The Hall–Kier alpha value is -1.07. The normalized spacial score (nSPS) is 23.9. The standard InChI is InChI=1S/C15H21BrN2O2/c1-18-9-4-7-15(8-10-18,14(19)20-2)17-13-6-3-5-12(16)11-13/h3,5-6,11,17H,4,7-10H2,1-2H3. The summed E-state index contributed by atoms with van der Waals surface area (Å²) in [7, 11) is 3.55. The number of esters is 1. The van der Waals surface area contributed by atoms with E-state index in [0.29, 0.717) is 0 Å². The molecular formula is C15H21BrN2O2. The molecule has 2 rings (SSSR count). The van der Waals surface area contributed by atoms with Gasteiger partial charge in [-0.25, -0.2) is 4.79 Å². The Morgan fingerprint density at radius 2 is 2.20 bits per heavy atom. The van der Waals surface area contributed by atoms with Gasteiger partial charge in [0.05, 0.1) is 7.11 Å². The first-order chi connectivity index (χ1) is 9.55. The van der Waals surface area contributed by atoms with Crippen molar-refractivity contribution >= 4 is 27.6 Å². The molecule has 1 aromatic rings. The van der Waals surface area contributed by atoms with Crippen LogP contribution in [0.1, 0.15) is 19.3 Å². The lowest BCUT2D eigenvalue weighted by atomic mass is 9.90. The molecule has 1 saturated heterocycles. The van der Waals surface area contributed by atoms with Crippen LogP contribution in [-0.4, -0.2) is 43.7 Å². The fourth-order valence-corrected chi connectivity index (χ4v) is 3.09. The van der Waals surface area contributed by atoms with Gasteiger partial charge in [-0.3, -0.25) is 0 Å². The lowest BCUT2D eigenvalue weighted by molar-refractivity contribution is -0.146. The zero-order valence-corrected chi connectivity index (χ0v) is 13.6. The van der Waals surface area contributed by atoms with E-state index in [4.69, 9.17) is 4.74 Å². The monoisotopic (exact) mass is 340 g/mol. The Bertz CT molecular complexity index is 481. The Kier molecular flexibility index (Phi) is 5.05. The Labute approximate surface area is 128 Å². The average molecular weight is 341 g/mol. The predicted molar refractivity (Wildman–Crippen MR) is 83.9 cm³/mol. The van der Waals surface area contributed by atoms with E-state index in [2.05, 4.69) is 33.2 Å². The lowest BCUT2D eigenvalue weighted by Gasteiger charge is -2.32. The van der Waals surface area contributed by atoms with E-state index in [1.54, 1.807) is 0 Å². The van der Waals surface area contributed by atoms with Crippen molar-refractivity contribution in [2.24, 2.45) is 0 Å². The maximum atomic E-state index is 12.3. The van der Waals surface area contributed by atoms with E-state index >= 15 is 0 Å². The van der Waals surface area contributed by atoms with Crippen molar-refractivity contribution in [2.75, 3.05) is 32.6 Å². The molecule has 20 heavy (non-hydrogen) atoms. The molecule has 1 aliphatic heterocycles. The van der Waals surface area contributed by atoms with Gasteiger partial charge in [-0.15, -0.1) is 0 Å². The third-order valence-corrected chi connectivity index (χ3v) is 4.34. The molecule has 1 atom stereocenters. The highest BCUT2D eigenvalue weighted by Crippen LogP contribution is 2.29. The van der Waals surface area contributed by atoms with Crippen LogP contribution in [0.5, 0.6) is 0 Å². The molecule has 1 heterocycles. The summed E-state index contributed by atoms with van der Waals surface area (Å²) >= 11 is 3.46. The molecule has 0 radical (unpaired) electrons. The van der Waals surface area contributed by atoms with Gasteiger partial charge in [0.2, 0.25) is 0 Å². The number of hydrogen-bond acceptors (Lipinski definition) is 4. The minimum absolute atomic E-state index is 0.173. The van der Waals surface area contributed by atoms with Crippen LogP contribution >= 0.6 is 15.9 Å². The molecule has 1 fully saturated rings. The van der Waals surface area contributed by atoms with Gasteiger partial charge in [0, 0.05) is 16.7 Å². The summed E-state index contributed by atoms with van der Waals surface area (Å²) in [5, 5.41) is 3.42. The van der Waals surface area contributed by atoms with Crippen LogP contribution < -0.4 is 5.32 Å². The van der Waals surface area contributed by atoms with Crippen molar-refractivity contribution in [3.63, 3.8) is 0 Å². The molecule has 0 aliphatic carbocycles. The molecule has 110 valence electrons. The second kappa shape index (κ2) is 6.59. The number of anilines is 1. The van der Waals surface area contributed by atoms with Gasteiger partial charge in [0.25, 0.3) is 0 Å². The first kappa shape index (κ1) is 15.3. The maximum absolute atomic E-state index is 12.3. The SMILES string of the molecule is COC(=O)C1(Nc2cccc(Br)c2)CCCN(C)CC1. The highest BCUT2D eigenvalue weighted by molar-refractivity contribution is 9.10. The fraction of sp³-hybridized carbons (Fsp3) is 0.533. The third-order valence-electron chi connectivity index (χ3n) is 3.85. The molecule has 0 spiro atoms. The molecular weight excluding hydrogens is 320 g/mol. The maximum Gasteiger partial charge on any atom is 0.331 e. The molecule has 1 unspecified atom stereocenters. The largest absolute Gasteiger partial charge is 0.467 e. The highest BCUT2D eigenvalue weighted by Gasteiger charge is 2.40. The Balaban J connectivity index is 2.25. The lowest BCUT2D eigenvalue weighted by Crippen LogP contribution is -2.47. The number of nitrogens with one attached hydrogen (secondary N) is 1. The summed E-state index contributed by atoms with van der Waals surface area (Å²) in [6, 6.07) is 7.89. The van der Waals surface area contributed by atoms with Crippen LogP contribution in [0.3, 0.4) is 0 Å². The van der Waals surface area contributed by atoms with Gasteiger partial charge in [0.15, 0.2) is 0 Å². The quantitative estimate of drug-likeness (QED) is 0.859. The summed E-state index contributed by atoms with van der Waals surface area (Å²) in [6.07, 6.45) is 2.52. The topological polar surface area (TPSA) is 41.6 Å². The molecule has 0 bridgehead atoms.